The molecule has 0 bridgehead atoms. The fourth-order valence-corrected chi connectivity index (χ4v) is 1.73. The molecular formula is C9H13Cl2N3S. The summed E-state index contributed by atoms with van der Waals surface area (Å²) in [5, 5.41) is 4.12. The molecule has 0 aliphatic carbocycles. The minimum absolute atomic E-state index is 0.340. The highest BCUT2D eigenvalue weighted by Crippen LogP contribution is 2.19. The van der Waals surface area contributed by atoms with Crippen molar-refractivity contribution in [3.8, 4) is 0 Å². The van der Waals surface area contributed by atoms with Crippen molar-refractivity contribution in [3.63, 3.8) is 0 Å². The van der Waals surface area contributed by atoms with E-state index in [0.717, 1.165) is 10.8 Å². The number of anilines is 1. The SMILES string of the molecule is CSc1cc(NC(C)(CCl)CCl)ncn1. The molecule has 1 aromatic rings. The summed E-state index contributed by atoms with van der Waals surface area (Å²) in [4.78, 5) is 8.20. The number of hydrogen-bond donors (Lipinski definition) is 1. The molecule has 0 amide bonds. The van der Waals surface area contributed by atoms with Crippen molar-refractivity contribution in [2.24, 2.45) is 0 Å². The smallest absolute Gasteiger partial charge is 0.130 e. The van der Waals surface area contributed by atoms with Crippen LogP contribution in [-0.4, -0.2) is 33.5 Å². The zero-order valence-corrected chi connectivity index (χ0v) is 11.0. The molecule has 0 fully saturated rings. The Hall–Kier alpha value is -0.190. The fourth-order valence-electron chi connectivity index (χ4n) is 0.931. The summed E-state index contributed by atoms with van der Waals surface area (Å²) < 4.78 is 0. The van der Waals surface area contributed by atoms with E-state index in [-0.39, 0.29) is 5.54 Å². The van der Waals surface area contributed by atoms with Gasteiger partial charge in [0.25, 0.3) is 0 Å². The first kappa shape index (κ1) is 12.9. The van der Waals surface area contributed by atoms with Gasteiger partial charge in [-0.05, 0) is 13.2 Å². The average molecular weight is 266 g/mol. The minimum Gasteiger partial charge on any atom is -0.362 e. The summed E-state index contributed by atoms with van der Waals surface area (Å²) in [5.41, 5.74) is -0.340. The van der Waals surface area contributed by atoms with Gasteiger partial charge in [0.1, 0.15) is 17.2 Å². The summed E-state index contributed by atoms with van der Waals surface area (Å²) in [5.74, 6) is 1.60. The highest BCUT2D eigenvalue weighted by molar-refractivity contribution is 7.98. The van der Waals surface area contributed by atoms with Gasteiger partial charge in [-0.3, -0.25) is 0 Å². The fraction of sp³-hybridized carbons (Fsp3) is 0.556. The van der Waals surface area contributed by atoms with E-state index in [1.807, 2.05) is 19.2 Å². The van der Waals surface area contributed by atoms with Gasteiger partial charge in [-0.25, -0.2) is 9.97 Å². The predicted molar refractivity (Wildman–Crippen MR) is 67.3 cm³/mol. The van der Waals surface area contributed by atoms with Gasteiger partial charge in [-0.2, -0.15) is 0 Å². The second-order valence-electron chi connectivity index (χ2n) is 3.40. The van der Waals surface area contributed by atoms with Gasteiger partial charge in [0.05, 0.1) is 5.54 Å². The second kappa shape index (κ2) is 5.77. The van der Waals surface area contributed by atoms with Crippen molar-refractivity contribution in [1.29, 1.82) is 0 Å². The van der Waals surface area contributed by atoms with E-state index in [1.54, 1.807) is 11.8 Å². The lowest BCUT2D eigenvalue weighted by molar-refractivity contribution is 0.644. The van der Waals surface area contributed by atoms with Crippen molar-refractivity contribution in [3.05, 3.63) is 12.4 Å². The first-order valence-corrected chi connectivity index (χ1v) is 6.69. The summed E-state index contributed by atoms with van der Waals surface area (Å²) >= 11 is 13.2. The summed E-state index contributed by atoms with van der Waals surface area (Å²) in [6, 6.07) is 1.88. The summed E-state index contributed by atoms with van der Waals surface area (Å²) in [6.07, 6.45) is 3.49. The van der Waals surface area contributed by atoms with Crippen LogP contribution in [0.2, 0.25) is 0 Å². The lowest BCUT2D eigenvalue weighted by atomic mass is 10.1. The third kappa shape index (κ3) is 3.70. The highest BCUT2D eigenvalue weighted by Gasteiger charge is 2.22. The van der Waals surface area contributed by atoms with Crippen molar-refractivity contribution in [2.75, 3.05) is 23.3 Å². The van der Waals surface area contributed by atoms with E-state index < -0.39 is 0 Å². The Morgan fingerprint density at radius 3 is 2.60 bits per heavy atom. The van der Waals surface area contributed by atoms with Gasteiger partial charge >= 0.3 is 0 Å². The van der Waals surface area contributed by atoms with Crippen molar-refractivity contribution >= 4 is 40.8 Å². The number of alkyl halides is 2. The molecular weight excluding hydrogens is 253 g/mol. The van der Waals surface area contributed by atoms with Crippen LogP contribution in [-0.2, 0) is 0 Å². The topological polar surface area (TPSA) is 37.8 Å². The molecule has 15 heavy (non-hydrogen) atoms. The Morgan fingerprint density at radius 1 is 1.40 bits per heavy atom. The Kier molecular flexibility index (Phi) is 4.96. The van der Waals surface area contributed by atoms with Crippen molar-refractivity contribution < 1.29 is 0 Å². The zero-order valence-electron chi connectivity index (χ0n) is 8.63. The molecule has 6 heteroatoms. The molecule has 0 atom stereocenters. The predicted octanol–water partition coefficient (Wildman–Crippen LogP) is 2.85. The minimum atomic E-state index is -0.340. The maximum Gasteiger partial charge on any atom is 0.130 e. The maximum atomic E-state index is 5.84. The number of aromatic nitrogens is 2. The number of halogens is 2. The van der Waals surface area contributed by atoms with Crippen LogP contribution in [0.3, 0.4) is 0 Å². The van der Waals surface area contributed by atoms with E-state index in [0.29, 0.717) is 11.8 Å². The van der Waals surface area contributed by atoms with Crippen LogP contribution in [0, 0.1) is 0 Å². The molecule has 0 saturated heterocycles. The van der Waals surface area contributed by atoms with Gasteiger partial charge in [0, 0.05) is 17.8 Å². The van der Waals surface area contributed by atoms with Crippen LogP contribution in [0.1, 0.15) is 6.92 Å². The Morgan fingerprint density at radius 2 is 2.07 bits per heavy atom. The monoisotopic (exact) mass is 265 g/mol. The molecule has 0 aliphatic rings. The average Bonchev–Trinajstić information content (AvgIpc) is 2.29. The van der Waals surface area contributed by atoms with Crippen LogP contribution in [0.25, 0.3) is 0 Å². The number of nitrogens with zero attached hydrogens (tertiary/aromatic N) is 2. The summed E-state index contributed by atoms with van der Waals surface area (Å²) in [7, 11) is 0. The van der Waals surface area contributed by atoms with Crippen LogP contribution >= 0.6 is 35.0 Å². The van der Waals surface area contributed by atoms with Gasteiger partial charge < -0.3 is 5.32 Å². The van der Waals surface area contributed by atoms with Crippen LogP contribution in [0.15, 0.2) is 17.4 Å². The quantitative estimate of drug-likeness (QED) is 0.505. The van der Waals surface area contributed by atoms with Crippen LogP contribution < -0.4 is 5.32 Å². The molecule has 0 unspecified atom stereocenters. The van der Waals surface area contributed by atoms with E-state index in [1.165, 1.54) is 6.33 Å². The van der Waals surface area contributed by atoms with Crippen molar-refractivity contribution in [1.82, 2.24) is 9.97 Å². The third-order valence-electron chi connectivity index (χ3n) is 1.87. The maximum absolute atomic E-state index is 5.84. The second-order valence-corrected chi connectivity index (χ2v) is 4.76. The number of nitrogens with one attached hydrogen (secondary N) is 1. The van der Waals surface area contributed by atoms with E-state index in [9.17, 15) is 0 Å². The standard InChI is InChI=1S/C9H13Cl2N3S/c1-9(4-10,5-11)14-7-3-8(15-2)13-6-12-7/h3,6H,4-5H2,1-2H3,(H,12,13,14). The van der Waals surface area contributed by atoms with Gasteiger partial charge in [0.2, 0.25) is 0 Å². The number of thioether (sulfide) groups is 1. The first-order valence-electron chi connectivity index (χ1n) is 4.39. The van der Waals surface area contributed by atoms with Gasteiger partial charge in [-0.15, -0.1) is 35.0 Å². The molecule has 1 heterocycles. The molecule has 3 nitrogen and oxygen atoms in total. The Balaban J connectivity index is 2.79. The largest absolute Gasteiger partial charge is 0.362 e. The first-order chi connectivity index (χ1) is 7.13. The molecule has 1 aromatic heterocycles. The van der Waals surface area contributed by atoms with Crippen LogP contribution in [0.5, 0.6) is 0 Å². The third-order valence-corrected chi connectivity index (χ3v) is 3.69. The van der Waals surface area contributed by atoms with Gasteiger partial charge in [0.15, 0.2) is 0 Å². The van der Waals surface area contributed by atoms with Crippen molar-refractivity contribution in [2.45, 2.75) is 17.5 Å². The Bertz CT molecular complexity index is 318. The van der Waals surface area contributed by atoms with E-state index in [4.69, 9.17) is 23.2 Å². The number of hydrogen-bond acceptors (Lipinski definition) is 4. The van der Waals surface area contributed by atoms with Gasteiger partial charge in [-0.1, -0.05) is 0 Å². The van der Waals surface area contributed by atoms with E-state index in [2.05, 4.69) is 15.3 Å². The van der Waals surface area contributed by atoms with Crippen LogP contribution in [0.4, 0.5) is 5.82 Å². The molecule has 0 spiro atoms. The zero-order chi connectivity index (χ0) is 11.3. The molecule has 0 aromatic carbocycles. The highest BCUT2D eigenvalue weighted by atomic mass is 35.5. The molecule has 0 aliphatic heterocycles. The molecule has 0 radical (unpaired) electrons. The molecule has 1 rings (SSSR count). The molecule has 0 saturated carbocycles. The lowest BCUT2D eigenvalue weighted by Crippen LogP contribution is -2.39. The lowest BCUT2D eigenvalue weighted by Gasteiger charge is -2.26. The normalized spacial score (nSPS) is 11.5. The number of rotatable bonds is 5. The Labute approximate surface area is 104 Å². The molecule has 1 N–H and O–H groups in total. The van der Waals surface area contributed by atoms with E-state index >= 15 is 0 Å². The summed E-state index contributed by atoms with van der Waals surface area (Å²) in [6.45, 7) is 1.95. The molecule has 84 valence electrons.